The Labute approximate surface area is 97.8 Å². The summed E-state index contributed by atoms with van der Waals surface area (Å²) >= 11 is 0. The van der Waals surface area contributed by atoms with Crippen LogP contribution in [0, 0.1) is 0 Å². The lowest BCUT2D eigenvalue weighted by Crippen LogP contribution is -2.26. The first-order valence-corrected chi connectivity index (χ1v) is 5.10. The van der Waals surface area contributed by atoms with Crippen molar-refractivity contribution in [2.45, 2.75) is 19.1 Å². The van der Waals surface area contributed by atoms with E-state index in [9.17, 15) is 13.2 Å². The van der Waals surface area contributed by atoms with E-state index in [-0.39, 0.29) is 24.0 Å². The van der Waals surface area contributed by atoms with Crippen molar-refractivity contribution in [1.82, 2.24) is 0 Å². The second kappa shape index (κ2) is 5.27. The van der Waals surface area contributed by atoms with Gasteiger partial charge in [-0.15, -0.1) is 0 Å². The lowest BCUT2D eigenvalue weighted by molar-refractivity contribution is -0.137. The summed E-state index contributed by atoms with van der Waals surface area (Å²) in [7, 11) is 1.32. The van der Waals surface area contributed by atoms with Crippen molar-refractivity contribution in [3.8, 4) is 5.75 Å². The number of ether oxygens (including phenoxy) is 1. The Hall–Kier alpha value is -1.43. The molecule has 17 heavy (non-hydrogen) atoms. The van der Waals surface area contributed by atoms with Crippen molar-refractivity contribution < 1.29 is 17.9 Å². The SMILES string of the molecule is COc1ccc(NC(C)CN)c(C(F)(F)F)c1. The summed E-state index contributed by atoms with van der Waals surface area (Å²) in [5, 5.41) is 2.72. The Balaban J connectivity index is 3.11. The third kappa shape index (κ3) is 3.52. The minimum absolute atomic E-state index is 0.0104. The predicted octanol–water partition coefficient (Wildman–Crippen LogP) is 2.47. The Bertz CT molecular complexity index is 379. The fraction of sp³-hybridized carbons (Fsp3) is 0.455. The molecule has 0 bridgehead atoms. The molecule has 1 aromatic rings. The zero-order valence-electron chi connectivity index (χ0n) is 9.64. The van der Waals surface area contributed by atoms with Crippen LogP contribution < -0.4 is 15.8 Å². The zero-order chi connectivity index (χ0) is 13.1. The number of benzene rings is 1. The highest BCUT2D eigenvalue weighted by Gasteiger charge is 2.34. The second-order valence-corrected chi connectivity index (χ2v) is 3.69. The van der Waals surface area contributed by atoms with Crippen LogP contribution in [0.1, 0.15) is 12.5 Å². The Morgan fingerprint density at radius 2 is 2.06 bits per heavy atom. The summed E-state index contributed by atoms with van der Waals surface area (Å²) in [6, 6.07) is 3.55. The summed E-state index contributed by atoms with van der Waals surface area (Å²) in [4.78, 5) is 0. The van der Waals surface area contributed by atoms with Gasteiger partial charge < -0.3 is 15.8 Å². The van der Waals surface area contributed by atoms with Gasteiger partial charge in [0.05, 0.1) is 12.7 Å². The molecule has 96 valence electrons. The Morgan fingerprint density at radius 1 is 1.41 bits per heavy atom. The minimum atomic E-state index is -4.43. The van der Waals surface area contributed by atoms with Crippen LogP contribution in [0.2, 0.25) is 0 Å². The van der Waals surface area contributed by atoms with Gasteiger partial charge in [0.2, 0.25) is 0 Å². The first-order chi connectivity index (χ1) is 7.88. The van der Waals surface area contributed by atoms with Crippen molar-refractivity contribution in [2.24, 2.45) is 5.73 Å². The average molecular weight is 248 g/mol. The van der Waals surface area contributed by atoms with Crippen LogP contribution in [-0.4, -0.2) is 19.7 Å². The Kier molecular flexibility index (Phi) is 4.22. The topological polar surface area (TPSA) is 47.3 Å². The maximum atomic E-state index is 12.8. The maximum Gasteiger partial charge on any atom is 0.418 e. The second-order valence-electron chi connectivity index (χ2n) is 3.69. The molecule has 0 aliphatic rings. The van der Waals surface area contributed by atoms with E-state index in [0.717, 1.165) is 6.07 Å². The van der Waals surface area contributed by atoms with Gasteiger partial charge in [-0.2, -0.15) is 13.2 Å². The van der Waals surface area contributed by atoms with Gasteiger partial charge in [0.25, 0.3) is 0 Å². The van der Waals surface area contributed by atoms with E-state index in [1.807, 2.05) is 0 Å². The molecule has 0 heterocycles. The van der Waals surface area contributed by atoms with Crippen LogP contribution in [0.5, 0.6) is 5.75 Å². The molecule has 3 N–H and O–H groups in total. The molecule has 1 atom stereocenters. The number of methoxy groups -OCH3 is 1. The largest absolute Gasteiger partial charge is 0.497 e. The summed E-state index contributed by atoms with van der Waals surface area (Å²) in [5.74, 6) is 0.170. The lowest BCUT2D eigenvalue weighted by Gasteiger charge is -2.18. The molecule has 0 aliphatic heterocycles. The molecule has 0 aliphatic carbocycles. The summed E-state index contributed by atoms with van der Waals surface area (Å²) in [6.07, 6.45) is -4.43. The van der Waals surface area contributed by atoms with Crippen molar-refractivity contribution in [1.29, 1.82) is 0 Å². The van der Waals surface area contributed by atoms with E-state index >= 15 is 0 Å². The number of hydrogen-bond acceptors (Lipinski definition) is 3. The normalized spacial score (nSPS) is 13.3. The molecule has 0 fully saturated rings. The molecular formula is C11H15F3N2O. The predicted molar refractivity (Wildman–Crippen MR) is 60.1 cm³/mol. The van der Waals surface area contributed by atoms with Crippen LogP contribution in [0.3, 0.4) is 0 Å². The lowest BCUT2D eigenvalue weighted by atomic mass is 10.1. The highest BCUT2D eigenvalue weighted by molar-refractivity contribution is 5.56. The standard InChI is InChI=1S/C11H15F3N2O/c1-7(6-15)16-10-4-3-8(17-2)5-9(10)11(12,13)14/h3-5,7,16H,6,15H2,1-2H3. The molecule has 1 rings (SSSR count). The third-order valence-corrected chi connectivity index (χ3v) is 2.29. The average Bonchev–Trinajstić information content (AvgIpc) is 2.28. The van der Waals surface area contributed by atoms with Crippen LogP contribution in [0.25, 0.3) is 0 Å². The van der Waals surface area contributed by atoms with E-state index in [1.54, 1.807) is 6.92 Å². The molecule has 0 spiro atoms. The minimum Gasteiger partial charge on any atom is -0.497 e. The van der Waals surface area contributed by atoms with E-state index in [1.165, 1.54) is 19.2 Å². The summed E-state index contributed by atoms with van der Waals surface area (Å²) < 4.78 is 43.2. The van der Waals surface area contributed by atoms with Crippen LogP contribution in [0.4, 0.5) is 18.9 Å². The van der Waals surface area contributed by atoms with Gasteiger partial charge in [0.15, 0.2) is 0 Å². The van der Waals surface area contributed by atoms with Crippen molar-refractivity contribution in [2.75, 3.05) is 19.0 Å². The van der Waals surface area contributed by atoms with Crippen LogP contribution in [0.15, 0.2) is 18.2 Å². The number of anilines is 1. The van der Waals surface area contributed by atoms with Gasteiger partial charge in [0.1, 0.15) is 5.75 Å². The fourth-order valence-electron chi connectivity index (χ4n) is 1.34. The number of hydrogen-bond donors (Lipinski definition) is 2. The van der Waals surface area contributed by atoms with Crippen LogP contribution in [-0.2, 0) is 6.18 Å². The maximum absolute atomic E-state index is 12.8. The molecule has 3 nitrogen and oxygen atoms in total. The Morgan fingerprint density at radius 3 is 2.53 bits per heavy atom. The van der Waals surface area contributed by atoms with Crippen molar-refractivity contribution >= 4 is 5.69 Å². The quantitative estimate of drug-likeness (QED) is 0.860. The highest BCUT2D eigenvalue weighted by Crippen LogP contribution is 2.37. The van der Waals surface area contributed by atoms with E-state index < -0.39 is 11.7 Å². The summed E-state index contributed by atoms with van der Waals surface area (Å²) in [6.45, 7) is 1.97. The molecule has 0 saturated carbocycles. The van der Waals surface area contributed by atoms with Gasteiger partial charge in [-0.05, 0) is 25.1 Å². The van der Waals surface area contributed by atoms with Gasteiger partial charge >= 0.3 is 6.18 Å². The van der Waals surface area contributed by atoms with Gasteiger partial charge in [0, 0.05) is 18.3 Å². The van der Waals surface area contributed by atoms with Crippen molar-refractivity contribution in [3.63, 3.8) is 0 Å². The first kappa shape index (κ1) is 13.6. The van der Waals surface area contributed by atoms with Gasteiger partial charge in [-0.3, -0.25) is 0 Å². The molecule has 0 aromatic heterocycles. The van der Waals surface area contributed by atoms with Gasteiger partial charge in [-0.25, -0.2) is 0 Å². The molecule has 1 aromatic carbocycles. The smallest absolute Gasteiger partial charge is 0.418 e. The highest BCUT2D eigenvalue weighted by atomic mass is 19.4. The number of nitrogens with one attached hydrogen (secondary N) is 1. The molecule has 0 radical (unpaired) electrons. The van der Waals surface area contributed by atoms with Crippen molar-refractivity contribution in [3.05, 3.63) is 23.8 Å². The van der Waals surface area contributed by atoms with E-state index in [0.29, 0.717) is 0 Å². The molecule has 0 saturated heterocycles. The summed E-state index contributed by atoms with van der Waals surface area (Å²) in [5.41, 5.74) is 4.62. The van der Waals surface area contributed by atoms with E-state index in [2.05, 4.69) is 5.32 Å². The third-order valence-electron chi connectivity index (χ3n) is 2.29. The number of alkyl halides is 3. The number of halogens is 3. The monoisotopic (exact) mass is 248 g/mol. The first-order valence-electron chi connectivity index (χ1n) is 5.10. The number of nitrogens with two attached hydrogens (primary N) is 1. The van der Waals surface area contributed by atoms with Crippen LogP contribution >= 0.6 is 0 Å². The zero-order valence-corrected chi connectivity index (χ0v) is 9.64. The molecule has 1 unspecified atom stereocenters. The molecular weight excluding hydrogens is 233 g/mol. The molecule has 6 heteroatoms. The molecule has 0 amide bonds. The fourth-order valence-corrected chi connectivity index (χ4v) is 1.34. The number of rotatable bonds is 4. The van der Waals surface area contributed by atoms with E-state index in [4.69, 9.17) is 10.5 Å². The van der Waals surface area contributed by atoms with Gasteiger partial charge in [-0.1, -0.05) is 0 Å².